The van der Waals surface area contributed by atoms with E-state index in [0.29, 0.717) is 5.92 Å². The second-order valence-corrected chi connectivity index (χ2v) is 8.06. The Bertz CT molecular complexity index is 734. The van der Waals surface area contributed by atoms with Crippen molar-refractivity contribution in [3.63, 3.8) is 0 Å². The standard InChI is InChI=1S/C24H33N3O/c1-19(2)22-9-11-23(12-10-22)25-24(28)20(3)27-17-15-26(16-18-27)14-13-21-7-5-4-6-8-21/h4-12,19-20H,13-18H2,1-3H3,(H,25,28)/t20-/m1/s1. The van der Waals surface area contributed by atoms with Gasteiger partial charge in [0.2, 0.25) is 5.91 Å². The number of carbonyl (C=O) groups is 1. The summed E-state index contributed by atoms with van der Waals surface area (Å²) in [5.74, 6) is 0.580. The molecule has 0 bridgehead atoms. The van der Waals surface area contributed by atoms with Crippen molar-refractivity contribution in [2.75, 3.05) is 38.0 Å². The van der Waals surface area contributed by atoms with Crippen LogP contribution in [0.15, 0.2) is 54.6 Å². The second kappa shape index (κ2) is 9.85. The molecule has 0 spiro atoms. The van der Waals surface area contributed by atoms with Crippen LogP contribution in [0.4, 0.5) is 5.69 Å². The number of nitrogens with one attached hydrogen (secondary N) is 1. The average Bonchev–Trinajstić information content (AvgIpc) is 2.73. The van der Waals surface area contributed by atoms with Gasteiger partial charge in [0.1, 0.15) is 0 Å². The molecule has 1 aliphatic heterocycles. The zero-order valence-electron chi connectivity index (χ0n) is 17.4. The number of carbonyl (C=O) groups excluding carboxylic acids is 1. The van der Waals surface area contributed by atoms with E-state index in [1.54, 1.807) is 0 Å². The van der Waals surface area contributed by atoms with Crippen LogP contribution in [0.5, 0.6) is 0 Å². The van der Waals surface area contributed by atoms with Crippen LogP contribution in [0.3, 0.4) is 0 Å². The fourth-order valence-electron chi connectivity index (χ4n) is 3.67. The Hall–Kier alpha value is -2.17. The number of rotatable bonds is 7. The van der Waals surface area contributed by atoms with E-state index in [4.69, 9.17) is 0 Å². The van der Waals surface area contributed by atoms with Gasteiger partial charge in [0.25, 0.3) is 0 Å². The molecule has 0 radical (unpaired) electrons. The summed E-state index contributed by atoms with van der Waals surface area (Å²) < 4.78 is 0. The summed E-state index contributed by atoms with van der Waals surface area (Å²) in [7, 11) is 0. The lowest BCUT2D eigenvalue weighted by atomic mass is 10.0. The van der Waals surface area contributed by atoms with Crippen molar-refractivity contribution in [3.05, 3.63) is 65.7 Å². The second-order valence-electron chi connectivity index (χ2n) is 8.06. The summed E-state index contributed by atoms with van der Waals surface area (Å²) in [6.45, 7) is 11.4. The highest BCUT2D eigenvalue weighted by Crippen LogP contribution is 2.18. The minimum Gasteiger partial charge on any atom is -0.325 e. The molecule has 150 valence electrons. The topological polar surface area (TPSA) is 35.6 Å². The van der Waals surface area contributed by atoms with Crippen molar-refractivity contribution in [3.8, 4) is 0 Å². The maximum Gasteiger partial charge on any atom is 0.241 e. The number of hydrogen-bond acceptors (Lipinski definition) is 3. The SMILES string of the molecule is CC(C)c1ccc(NC(=O)[C@@H](C)N2CCN(CCc3ccccc3)CC2)cc1. The van der Waals surface area contributed by atoms with Crippen molar-refractivity contribution in [2.45, 2.75) is 39.2 Å². The van der Waals surface area contributed by atoms with Crippen LogP contribution in [-0.4, -0.2) is 54.5 Å². The van der Waals surface area contributed by atoms with Crippen LogP contribution in [0.1, 0.15) is 37.8 Å². The number of piperazine rings is 1. The Morgan fingerprint density at radius 1 is 0.929 bits per heavy atom. The normalized spacial score (nSPS) is 16.9. The zero-order valence-corrected chi connectivity index (χ0v) is 17.4. The van der Waals surface area contributed by atoms with E-state index < -0.39 is 0 Å². The number of benzene rings is 2. The van der Waals surface area contributed by atoms with E-state index in [-0.39, 0.29) is 11.9 Å². The number of nitrogens with zero attached hydrogens (tertiary/aromatic N) is 2. The summed E-state index contributed by atoms with van der Waals surface area (Å²) in [6, 6.07) is 18.7. The van der Waals surface area contributed by atoms with E-state index in [0.717, 1.165) is 44.8 Å². The molecule has 0 unspecified atom stereocenters. The van der Waals surface area contributed by atoms with Crippen molar-refractivity contribution in [1.29, 1.82) is 0 Å². The highest BCUT2D eigenvalue weighted by molar-refractivity contribution is 5.94. The van der Waals surface area contributed by atoms with Crippen LogP contribution < -0.4 is 5.32 Å². The highest BCUT2D eigenvalue weighted by Gasteiger charge is 2.25. The van der Waals surface area contributed by atoms with Gasteiger partial charge < -0.3 is 10.2 Å². The van der Waals surface area contributed by atoms with Crippen LogP contribution in [0.25, 0.3) is 0 Å². The molecule has 0 aliphatic carbocycles. The molecule has 1 saturated heterocycles. The molecule has 4 heteroatoms. The Morgan fingerprint density at radius 3 is 2.18 bits per heavy atom. The molecule has 2 aromatic carbocycles. The van der Waals surface area contributed by atoms with Crippen LogP contribution in [0, 0.1) is 0 Å². The fraction of sp³-hybridized carbons (Fsp3) is 0.458. The average molecular weight is 380 g/mol. The van der Waals surface area contributed by atoms with Gasteiger partial charge in [0.15, 0.2) is 0 Å². The first-order valence-corrected chi connectivity index (χ1v) is 10.4. The highest BCUT2D eigenvalue weighted by atomic mass is 16.2. The summed E-state index contributed by atoms with van der Waals surface area (Å²) in [5, 5.41) is 3.07. The third-order valence-corrected chi connectivity index (χ3v) is 5.74. The number of hydrogen-bond donors (Lipinski definition) is 1. The summed E-state index contributed by atoms with van der Waals surface area (Å²) in [6.07, 6.45) is 1.09. The smallest absolute Gasteiger partial charge is 0.241 e. The lowest BCUT2D eigenvalue weighted by Gasteiger charge is -2.37. The first-order valence-electron chi connectivity index (χ1n) is 10.4. The van der Waals surface area contributed by atoms with Crippen molar-refractivity contribution in [1.82, 2.24) is 9.80 Å². The largest absolute Gasteiger partial charge is 0.325 e. The first-order chi connectivity index (χ1) is 13.5. The van der Waals surface area contributed by atoms with Gasteiger partial charge in [-0.15, -0.1) is 0 Å². The Kier molecular flexibility index (Phi) is 7.24. The molecule has 3 rings (SSSR count). The van der Waals surface area contributed by atoms with Crippen molar-refractivity contribution in [2.24, 2.45) is 0 Å². The predicted molar refractivity (Wildman–Crippen MR) is 117 cm³/mol. The van der Waals surface area contributed by atoms with Gasteiger partial charge in [-0.3, -0.25) is 9.69 Å². The molecular formula is C24H33N3O. The Balaban J connectivity index is 1.43. The fourth-order valence-corrected chi connectivity index (χ4v) is 3.67. The van der Waals surface area contributed by atoms with Gasteiger partial charge in [0.05, 0.1) is 6.04 Å². The monoisotopic (exact) mass is 379 g/mol. The predicted octanol–water partition coefficient (Wildman–Crippen LogP) is 4.00. The maximum atomic E-state index is 12.7. The molecule has 1 fully saturated rings. The summed E-state index contributed by atoms with van der Waals surface area (Å²) in [5.41, 5.74) is 3.56. The molecule has 4 nitrogen and oxygen atoms in total. The minimum atomic E-state index is -0.110. The van der Waals surface area contributed by atoms with Crippen LogP contribution in [-0.2, 0) is 11.2 Å². The molecular weight excluding hydrogens is 346 g/mol. The number of amides is 1. The van der Waals surface area contributed by atoms with E-state index in [1.165, 1.54) is 11.1 Å². The van der Waals surface area contributed by atoms with Crippen molar-refractivity contribution < 1.29 is 4.79 Å². The van der Waals surface area contributed by atoms with Gasteiger partial charge in [-0.2, -0.15) is 0 Å². The van der Waals surface area contributed by atoms with Crippen molar-refractivity contribution >= 4 is 11.6 Å². The molecule has 2 aromatic rings. The lowest BCUT2D eigenvalue weighted by molar-refractivity contribution is -0.121. The Morgan fingerprint density at radius 2 is 1.57 bits per heavy atom. The molecule has 1 atom stereocenters. The molecule has 0 aromatic heterocycles. The molecule has 1 amide bonds. The first kappa shape index (κ1) is 20.6. The third-order valence-electron chi connectivity index (χ3n) is 5.74. The van der Waals surface area contributed by atoms with Gasteiger partial charge in [-0.25, -0.2) is 0 Å². The lowest BCUT2D eigenvalue weighted by Crippen LogP contribution is -2.53. The van der Waals surface area contributed by atoms with Gasteiger partial charge in [-0.1, -0.05) is 56.3 Å². The minimum absolute atomic E-state index is 0.0787. The van der Waals surface area contributed by atoms with Gasteiger partial charge in [-0.05, 0) is 42.5 Å². The molecule has 1 N–H and O–H groups in total. The molecule has 1 aliphatic rings. The zero-order chi connectivity index (χ0) is 19.9. The summed E-state index contributed by atoms with van der Waals surface area (Å²) in [4.78, 5) is 17.4. The Labute approximate surface area is 169 Å². The van der Waals surface area contributed by atoms with E-state index in [1.807, 2.05) is 19.1 Å². The van der Waals surface area contributed by atoms with E-state index in [9.17, 15) is 4.79 Å². The van der Waals surface area contributed by atoms with Crippen LogP contribution in [0.2, 0.25) is 0 Å². The summed E-state index contributed by atoms with van der Waals surface area (Å²) >= 11 is 0. The van der Waals surface area contributed by atoms with Gasteiger partial charge >= 0.3 is 0 Å². The third kappa shape index (κ3) is 5.66. The molecule has 1 heterocycles. The quantitative estimate of drug-likeness (QED) is 0.790. The maximum absolute atomic E-state index is 12.7. The van der Waals surface area contributed by atoms with Crippen LogP contribution >= 0.6 is 0 Å². The van der Waals surface area contributed by atoms with E-state index >= 15 is 0 Å². The molecule has 28 heavy (non-hydrogen) atoms. The number of anilines is 1. The van der Waals surface area contributed by atoms with E-state index in [2.05, 4.69) is 71.4 Å². The molecule has 0 saturated carbocycles. The van der Waals surface area contributed by atoms with Gasteiger partial charge in [0, 0.05) is 38.4 Å².